The van der Waals surface area contributed by atoms with Gasteiger partial charge < -0.3 is 14.9 Å². The van der Waals surface area contributed by atoms with Gasteiger partial charge in [-0.2, -0.15) is 0 Å². The van der Waals surface area contributed by atoms with E-state index in [0.717, 1.165) is 19.3 Å². The number of unbranched alkanes of at least 4 members (excludes halogenated alkanes) is 2. The van der Waals surface area contributed by atoms with Crippen molar-refractivity contribution in [3.8, 4) is 5.75 Å². The largest absolute Gasteiger partial charge is 0.508 e. The minimum atomic E-state index is -0.385. The molecule has 0 amide bonds. The molecule has 0 spiro atoms. The van der Waals surface area contributed by atoms with Crippen LogP contribution in [0.4, 0.5) is 0 Å². The van der Waals surface area contributed by atoms with Crippen LogP contribution < -0.4 is 0 Å². The molecule has 0 saturated carbocycles. The summed E-state index contributed by atoms with van der Waals surface area (Å²) in [5, 5.41) is 17.6. The number of hydrogen-bond donors (Lipinski definition) is 2. The predicted octanol–water partition coefficient (Wildman–Crippen LogP) is 1.71. The van der Waals surface area contributed by atoms with Crippen molar-refractivity contribution in [3.05, 3.63) is 29.8 Å². The van der Waals surface area contributed by atoms with E-state index in [9.17, 15) is 4.79 Å². The molecule has 1 rings (SSSR count). The fourth-order valence-electron chi connectivity index (χ4n) is 1.24. The van der Waals surface area contributed by atoms with Crippen molar-refractivity contribution < 1.29 is 19.7 Å². The van der Waals surface area contributed by atoms with Gasteiger partial charge in [0.15, 0.2) is 0 Å². The lowest BCUT2D eigenvalue weighted by molar-refractivity contribution is 0.0497. The quantitative estimate of drug-likeness (QED) is 0.570. The normalized spacial score (nSPS) is 10.1. The van der Waals surface area contributed by atoms with Crippen LogP contribution in [0.3, 0.4) is 0 Å². The van der Waals surface area contributed by atoms with Gasteiger partial charge in [0.25, 0.3) is 0 Å². The van der Waals surface area contributed by atoms with Gasteiger partial charge in [-0.05, 0) is 43.5 Å². The van der Waals surface area contributed by atoms with E-state index < -0.39 is 0 Å². The first-order chi connectivity index (χ1) is 7.74. The molecule has 0 unspecified atom stereocenters. The first kappa shape index (κ1) is 12.5. The molecule has 0 bridgehead atoms. The van der Waals surface area contributed by atoms with Crippen LogP contribution in [-0.2, 0) is 4.74 Å². The Labute approximate surface area is 94.5 Å². The summed E-state index contributed by atoms with van der Waals surface area (Å²) in [5.74, 6) is -0.261. The summed E-state index contributed by atoms with van der Waals surface area (Å²) in [6, 6.07) is 5.93. The lowest BCUT2D eigenvalue weighted by Crippen LogP contribution is -2.06. The number of benzene rings is 1. The third kappa shape index (κ3) is 4.31. The van der Waals surface area contributed by atoms with Crippen molar-refractivity contribution in [3.63, 3.8) is 0 Å². The van der Waals surface area contributed by atoms with Crippen LogP contribution in [0.5, 0.6) is 5.75 Å². The maximum atomic E-state index is 11.4. The average molecular weight is 224 g/mol. The summed E-state index contributed by atoms with van der Waals surface area (Å²) in [6.45, 7) is 0.533. The Morgan fingerprint density at radius 2 is 1.81 bits per heavy atom. The van der Waals surface area contributed by atoms with Gasteiger partial charge in [0.05, 0.1) is 12.2 Å². The highest BCUT2D eigenvalue weighted by molar-refractivity contribution is 5.89. The number of hydrogen-bond acceptors (Lipinski definition) is 4. The number of aliphatic hydroxyl groups excluding tert-OH is 1. The number of ether oxygens (including phenoxy) is 1. The van der Waals surface area contributed by atoms with E-state index >= 15 is 0 Å². The second kappa shape index (κ2) is 6.85. The Kier molecular flexibility index (Phi) is 5.36. The molecule has 0 aliphatic heterocycles. The van der Waals surface area contributed by atoms with E-state index in [1.54, 1.807) is 0 Å². The summed E-state index contributed by atoms with van der Waals surface area (Å²) < 4.78 is 5.01. The van der Waals surface area contributed by atoms with E-state index in [1.165, 1.54) is 24.3 Å². The van der Waals surface area contributed by atoms with Crippen molar-refractivity contribution in [1.29, 1.82) is 0 Å². The maximum absolute atomic E-state index is 11.4. The minimum Gasteiger partial charge on any atom is -0.508 e. The van der Waals surface area contributed by atoms with Crippen LogP contribution in [0, 0.1) is 0 Å². The van der Waals surface area contributed by atoms with Crippen molar-refractivity contribution in [2.24, 2.45) is 0 Å². The SMILES string of the molecule is O=C(OCCCCCO)c1ccc(O)cc1. The van der Waals surface area contributed by atoms with Gasteiger partial charge in [-0.25, -0.2) is 4.79 Å². The van der Waals surface area contributed by atoms with Gasteiger partial charge in [-0.1, -0.05) is 0 Å². The molecule has 16 heavy (non-hydrogen) atoms. The highest BCUT2D eigenvalue weighted by Crippen LogP contribution is 2.10. The summed E-state index contributed by atoms with van der Waals surface area (Å²) >= 11 is 0. The molecule has 0 radical (unpaired) electrons. The summed E-state index contributed by atoms with van der Waals surface area (Å²) in [6.07, 6.45) is 2.33. The van der Waals surface area contributed by atoms with Crippen molar-refractivity contribution >= 4 is 5.97 Å². The van der Waals surface area contributed by atoms with Gasteiger partial charge >= 0.3 is 5.97 Å². The van der Waals surface area contributed by atoms with Gasteiger partial charge in [-0.15, -0.1) is 0 Å². The van der Waals surface area contributed by atoms with Crippen LogP contribution in [0.25, 0.3) is 0 Å². The number of rotatable bonds is 6. The highest BCUT2D eigenvalue weighted by Gasteiger charge is 2.05. The Balaban J connectivity index is 2.27. The monoisotopic (exact) mass is 224 g/mol. The molecule has 0 saturated heterocycles. The molecule has 0 aliphatic carbocycles. The van der Waals surface area contributed by atoms with Crippen LogP contribution in [0.2, 0.25) is 0 Å². The van der Waals surface area contributed by atoms with Gasteiger partial charge in [0, 0.05) is 6.61 Å². The molecule has 4 nitrogen and oxygen atoms in total. The average Bonchev–Trinajstić information content (AvgIpc) is 2.29. The smallest absolute Gasteiger partial charge is 0.338 e. The fraction of sp³-hybridized carbons (Fsp3) is 0.417. The molecular formula is C12H16O4. The molecule has 2 N–H and O–H groups in total. The van der Waals surface area contributed by atoms with Crippen LogP contribution in [0.15, 0.2) is 24.3 Å². The van der Waals surface area contributed by atoms with E-state index in [1.807, 2.05) is 0 Å². The van der Waals surface area contributed by atoms with Gasteiger partial charge in [-0.3, -0.25) is 0 Å². The Hall–Kier alpha value is -1.55. The first-order valence-electron chi connectivity index (χ1n) is 5.31. The molecule has 1 aromatic carbocycles. The Morgan fingerprint density at radius 1 is 1.12 bits per heavy atom. The number of phenols is 1. The topological polar surface area (TPSA) is 66.8 Å². The van der Waals surface area contributed by atoms with Crippen molar-refractivity contribution in [2.75, 3.05) is 13.2 Å². The van der Waals surface area contributed by atoms with Crippen molar-refractivity contribution in [1.82, 2.24) is 0 Å². The molecular weight excluding hydrogens is 208 g/mol. The first-order valence-corrected chi connectivity index (χ1v) is 5.31. The van der Waals surface area contributed by atoms with Crippen molar-refractivity contribution in [2.45, 2.75) is 19.3 Å². The Morgan fingerprint density at radius 3 is 2.44 bits per heavy atom. The summed E-state index contributed by atoms with van der Waals surface area (Å²) in [4.78, 5) is 11.4. The molecule has 0 heterocycles. The Bertz CT molecular complexity index is 318. The summed E-state index contributed by atoms with van der Waals surface area (Å²) in [7, 11) is 0. The van der Waals surface area contributed by atoms with E-state index in [-0.39, 0.29) is 18.3 Å². The number of carbonyl (C=O) groups is 1. The number of carbonyl (C=O) groups excluding carboxylic acids is 1. The van der Waals surface area contributed by atoms with E-state index in [0.29, 0.717) is 12.2 Å². The number of aromatic hydroxyl groups is 1. The van der Waals surface area contributed by atoms with Crippen LogP contribution in [-0.4, -0.2) is 29.4 Å². The minimum absolute atomic E-state index is 0.125. The predicted molar refractivity (Wildman–Crippen MR) is 59.3 cm³/mol. The van der Waals surface area contributed by atoms with Crippen LogP contribution in [0.1, 0.15) is 29.6 Å². The molecule has 4 heteroatoms. The zero-order chi connectivity index (χ0) is 11.8. The molecule has 0 atom stereocenters. The molecule has 0 fully saturated rings. The molecule has 88 valence electrons. The van der Waals surface area contributed by atoms with Gasteiger partial charge in [0.1, 0.15) is 5.75 Å². The maximum Gasteiger partial charge on any atom is 0.338 e. The standard InChI is InChI=1S/C12H16O4/c13-8-2-1-3-9-16-12(15)10-4-6-11(14)7-5-10/h4-7,13-14H,1-3,8-9H2. The molecule has 0 aromatic heterocycles. The van der Waals surface area contributed by atoms with Gasteiger partial charge in [0.2, 0.25) is 0 Å². The highest BCUT2D eigenvalue weighted by atomic mass is 16.5. The second-order valence-electron chi connectivity index (χ2n) is 3.47. The lowest BCUT2D eigenvalue weighted by Gasteiger charge is -2.04. The zero-order valence-electron chi connectivity index (χ0n) is 9.06. The van der Waals surface area contributed by atoms with Crippen LogP contribution >= 0.6 is 0 Å². The van der Waals surface area contributed by atoms with E-state index in [4.69, 9.17) is 14.9 Å². The lowest BCUT2D eigenvalue weighted by atomic mass is 10.2. The molecule has 1 aromatic rings. The zero-order valence-corrected chi connectivity index (χ0v) is 9.06. The fourth-order valence-corrected chi connectivity index (χ4v) is 1.24. The number of phenolic OH excluding ortho intramolecular Hbond substituents is 1. The molecule has 0 aliphatic rings. The number of esters is 1. The van der Waals surface area contributed by atoms with E-state index in [2.05, 4.69) is 0 Å². The number of aliphatic hydroxyl groups is 1. The third-order valence-electron chi connectivity index (χ3n) is 2.14. The summed E-state index contributed by atoms with van der Waals surface area (Å²) in [5.41, 5.74) is 0.431. The third-order valence-corrected chi connectivity index (χ3v) is 2.14. The second-order valence-corrected chi connectivity index (χ2v) is 3.47.